The second-order valence-electron chi connectivity index (χ2n) is 10.4. The number of hydrogen-bond acceptors (Lipinski definition) is 5. The molecular weight excluding hydrogens is 566 g/mol. The molecule has 0 unspecified atom stereocenters. The summed E-state index contributed by atoms with van der Waals surface area (Å²) < 4.78 is 33.9. The first-order valence-electron chi connectivity index (χ1n) is 13.6. The van der Waals surface area contributed by atoms with Gasteiger partial charge in [-0.25, -0.2) is 13.6 Å². The Morgan fingerprint density at radius 2 is 1.95 bits per heavy atom. The highest BCUT2D eigenvalue weighted by atomic mass is 35.5. The minimum atomic E-state index is -0.884. The Morgan fingerprint density at radius 1 is 1.14 bits per heavy atom. The van der Waals surface area contributed by atoms with Crippen molar-refractivity contribution >= 4 is 46.5 Å². The molecule has 0 saturated carbocycles. The molecular formula is C31H29ClF2N4O4. The van der Waals surface area contributed by atoms with E-state index in [1.807, 2.05) is 19.1 Å². The fourth-order valence-electron chi connectivity index (χ4n) is 5.41. The Labute approximate surface area is 246 Å². The zero-order chi connectivity index (χ0) is 30.0. The summed E-state index contributed by atoms with van der Waals surface area (Å²) in [4.78, 5) is 44.6. The lowest BCUT2D eigenvalue weighted by atomic mass is 9.91. The summed E-state index contributed by atoms with van der Waals surface area (Å²) in [6, 6.07) is 10.7. The Balaban J connectivity index is 1.52. The van der Waals surface area contributed by atoms with Crippen molar-refractivity contribution in [1.82, 2.24) is 9.88 Å². The van der Waals surface area contributed by atoms with Crippen molar-refractivity contribution in [2.24, 2.45) is 5.92 Å². The maximum atomic E-state index is 14.7. The molecule has 2 N–H and O–H groups in total. The summed E-state index contributed by atoms with van der Waals surface area (Å²) in [5.74, 6) is -2.55. The maximum Gasteiger partial charge on any atom is 0.411 e. The van der Waals surface area contributed by atoms with Crippen molar-refractivity contribution in [1.29, 1.82) is 0 Å². The first-order valence-corrected chi connectivity index (χ1v) is 13.9. The van der Waals surface area contributed by atoms with Gasteiger partial charge in [-0.05, 0) is 72.9 Å². The summed E-state index contributed by atoms with van der Waals surface area (Å²) >= 11 is 5.89. The van der Waals surface area contributed by atoms with Crippen LogP contribution in [0.5, 0.6) is 0 Å². The highest BCUT2D eigenvalue weighted by Gasteiger charge is 2.31. The lowest BCUT2D eigenvalue weighted by molar-refractivity contribution is -0.129. The SMILES string of the molecule is COC(=O)Nc1ccc2c(c1)NC(=O)[C@H](C)CCC[C@H](N1CCC(c3c(F)ccc(Cl)c3F)=CC1=O)c1ccnc-2c1. The number of hydrogen-bond donors (Lipinski definition) is 2. The fraction of sp³-hybridized carbons (Fsp3) is 0.290. The number of nitrogens with one attached hydrogen (secondary N) is 2. The highest BCUT2D eigenvalue weighted by Crippen LogP contribution is 2.38. The van der Waals surface area contributed by atoms with Crippen LogP contribution in [0.4, 0.5) is 25.0 Å². The number of pyridine rings is 1. The molecule has 11 heteroatoms. The molecule has 0 fully saturated rings. The Morgan fingerprint density at radius 3 is 2.71 bits per heavy atom. The fourth-order valence-corrected chi connectivity index (χ4v) is 5.57. The van der Waals surface area contributed by atoms with Crippen LogP contribution < -0.4 is 10.6 Å². The Bertz CT molecular complexity index is 1600. The molecule has 2 atom stereocenters. The number of benzene rings is 2. The van der Waals surface area contributed by atoms with Crippen LogP contribution in [0.25, 0.3) is 16.8 Å². The van der Waals surface area contributed by atoms with Gasteiger partial charge >= 0.3 is 6.09 Å². The van der Waals surface area contributed by atoms with Gasteiger partial charge in [-0.15, -0.1) is 0 Å². The molecule has 0 saturated heterocycles. The summed E-state index contributed by atoms with van der Waals surface area (Å²) in [7, 11) is 1.26. The van der Waals surface area contributed by atoms with Crippen LogP contribution in [0.1, 0.15) is 49.8 Å². The number of nitrogens with zero attached hydrogens (tertiary/aromatic N) is 2. The average Bonchev–Trinajstić information content (AvgIpc) is 2.97. The Kier molecular flexibility index (Phi) is 8.54. The van der Waals surface area contributed by atoms with E-state index in [4.69, 9.17) is 11.6 Å². The van der Waals surface area contributed by atoms with Gasteiger partial charge in [0, 0.05) is 36.0 Å². The number of halogens is 3. The molecule has 2 aliphatic heterocycles. The topological polar surface area (TPSA) is 101 Å². The molecule has 0 aliphatic carbocycles. The maximum absolute atomic E-state index is 14.7. The number of carbonyl (C=O) groups excluding carboxylic acids is 3. The van der Waals surface area contributed by atoms with E-state index in [9.17, 15) is 23.2 Å². The number of ether oxygens (including phenoxy) is 1. The van der Waals surface area contributed by atoms with Gasteiger partial charge in [-0.1, -0.05) is 24.9 Å². The summed E-state index contributed by atoms with van der Waals surface area (Å²) in [6.45, 7) is 2.08. The number of anilines is 2. The van der Waals surface area contributed by atoms with Gasteiger partial charge < -0.3 is 15.0 Å². The van der Waals surface area contributed by atoms with Gasteiger partial charge in [0.15, 0.2) is 5.82 Å². The predicted molar refractivity (Wildman–Crippen MR) is 156 cm³/mol. The summed E-state index contributed by atoms with van der Waals surface area (Å²) in [6.07, 6.45) is 4.31. The largest absolute Gasteiger partial charge is 0.453 e. The molecule has 2 aliphatic rings. The van der Waals surface area contributed by atoms with E-state index in [1.54, 1.807) is 29.3 Å². The molecule has 1 aromatic heterocycles. The molecule has 218 valence electrons. The first-order chi connectivity index (χ1) is 20.2. The minimum Gasteiger partial charge on any atom is -0.453 e. The minimum absolute atomic E-state index is 0.188. The molecule has 2 aromatic carbocycles. The molecule has 3 aromatic rings. The molecule has 42 heavy (non-hydrogen) atoms. The molecule has 8 nitrogen and oxygen atoms in total. The highest BCUT2D eigenvalue weighted by molar-refractivity contribution is 6.31. The zero-order valence-corrected chi connectivity index (χ0v) is 23.8. The summed E-state index contributed by atoms with van der Waals surface area (Å²) in [5.41, 5.74) is 2.91. The van der Waals surface area contributed by atoms with E-state index in [-0.39, 0.29) is 52.9 Å². The number of aromatic nitrogens is 1. The lowest BCUT2D eigenvalue weighted by Crippen LogP contribution is -2.37. The van der Waals surface area contributed by atoms with Gasteiger partial charge in [0.05, 0.1) is 35.1 Å². The molecule has 2 bridgehead atoms. The van der Waals surface area contributed by atoms with Crippen LogP contribution in [-0.4, -0.2) is 41.4 Å². The molecule has 3 heterocycles. The van der Waals surface area contributed by atoms with E-state index in [1.165, 1.54) is 13.2 Å². The van der Waals surface area contributed by atoms with Gasteiger partial charge in [0.1, 0.15) is 5.82 Å². The van der Waals surface area contributed by atoms with Crippen LogP contribution in [0.2, 0.25) is 5.02 Å². The van der Waals surface area contributed by atoms with Gasteiger partial charge in [0.2, 0.25) is 11.8 Å². The van der Waals surface area contributed by atoms with Gasteiger partial charge in [-0.2, -0.15) is 0 Å². The third-order valence-corrected chi connectivity index (χ3v) is 7.95. The third-order valence-electron chi connectivity index (χ3n) is 7.66. The van der Waals surface area contributed by atoms with E-state index < -0.39 is 17.7 Å². The number of fused-ring (bicyclic) bond motifs is 4. The zero-order valence-electron chi connectivity index (χ0n) is 23.0. The number of methoxy groups -OCH3 is 1. The number of rotatable bonds is 3. The third kappa shape index (κ3) is 5.99. The normalized spacial score (nSPS) is 19.1. The standard InChI is InChI=1S/C31H29ClF2N4O4/c1-17-4-3-5-26(38-13-11-19(15-27(38)39)28-23(33)9-8-22(32)29(28)34)18-10-12-35-24(14-18)21-7-6-20(36-31(41)42-2)16-25(21)37-30(17)40/h6-10,12,14-17,26H,3-5,11,13H2,1-2H3,(H,36,41)(H,37,40)/t17-,26+/m1/s1. The van der Waals surface area contributed by atoms with Crippen molar-refractivity contribution in [3.05, 3.63) is 82.5 Å². The van der Waals surface area contributed by atoms with Crippen LogP contribution in [0.3, 0.4) is 0 Å². The quantitative estimate of drug-likeness (QED) is 0.319. The monoisotopic (exact) mass is 594 g/mol. The lowest BCUT2D eigenvalue weighted by Gasteiger charge is -2.35. The first kappa shape index (κ1) is 29.2. The van der Waals surface area contributed by atoms with E-state index in [0.717, 1.165) is 17.7 Å². The van der Waals surface area contributed by atoms with Crippen molar-refractivity contribution < 1.29 is 27.9 Å². The Hall–Kier alpha value is -4.31. The van der Waals surface area contributed by atoms with Crippen LogP contribution in [-0.2, 0) is 14.3 Å². The van der Waals surface area contributed by atoms with Gasteiger partial charge in [-0.3, -0.25) is 19.9 Å². The second-order valence-corrected chi connectivity index (χ2v) is 10.8. The average molecular weight is 595 g/mol. The van der Waals surface area contributed by atoms with Crippen molar-refractivity contribution in [3.8, 4) is 11.3 Å². The predicted octanol–water partition coefficient (Wildman–Crippen LogP) is 6.97. The van der Waals surface area contributed by atoms with Crippen LogP contribution in [0, 0.1) is 17.6 Å². The van der Waals surface area contributed by atoms with Crippen molar-refractivity contribution in [3.63, 3.8) is 0 Å². The van der Waals surface area contributed by atoms with E-state index >= 15 is 0 Å². The second kappa shape index (κ2) is 12.3. The molecule has 5 rings (SSSR count). The molecule has 3 amide bonds. The van der Waals surface area contributed by atoms with Gasteiger partial charge in [0.25, 0.3) is 0 Å². The van der Waals surface area contributed by atoms with Crippen molar-refractivity contribution in [2.75, 3.05) is 24.3 Å². The van der Waals surface area contributed by atoms with Crippen LogP contribution >= 0.6 is 11.6 Å². The molecule has 0 radical (unpaired) electrons. The smallest absolute Gasteiger partial charge is 0.411 e. The van der Waals surface area contributed by atoms with Crippen LogP contribution in [0.15, 0.2) is 54.7 Å². The molecule has 0 spiro atoms. The number of carbonyl (C=O) groups is 3. The van der Waals surface area contributed by atoms with Crippen molar-refractivity contribution in [2.45, 2.75) is 38.6 Å². The van der Waals surface area contributed by atoms with E-state index in [2.05, 4.69) is 20.4 Å². The van der Waals surface area contributed by atoms with E-state index in [0.29, 0.717) is 41.9 Å². The number of amides is 3. The summed E-state index contributed by atoms with van der Waals surface area (Å²) in [5, 5.41) is 5.36.